The number of hydrogen-bond donors (Lipinski definition) is 0. The molecule has 0 radical (unpaired) electrons. The van der Waals surface area contributed by atoms with E-state index in [1.807, 2.05) is 0 Å². The fourth-order valence-electron chi connectivity index (χ4n) is 0.691. The number of halogens is 4. The van der Waals surface area contributed by atoms with E-state index in [0.717, 1.165) is 3.69 Å². The van der Waals surface area contributed by atoms with E-state index in [9.17, 15) is 13.2 Å². The molecule has 0 saturated heterocycles. The molecular weight excluding hydrogens is 233 g/mol. The molecule has 6 heteroatoms. The second-order valence-electron chi connectivity index (χ2n) is 2.19. The maximum Gasteiger partial charge on any atom is -1.00 e. The molecule has 0 aliphatic rings. The summed E-state index contributed by atoms with van der Waals surface area (Å²) in [5.74, 6) is 0. The van der Waals surface area contributed by atoms with Crippen LogP contribution in [-0.2, 0) is 0 Å². The summed E-state index contributed by atoms with van der Waals surface area (Å²) < 4.78 is 36.4. The average molecular weight is 237 g/mol. The third kappa shape index (κ3) is 5.67. The molecule has 0 amide bonds. The second-order valence-corrected chi connectivity index (χ2v) is 4.15. The van der Waals surface area contributed by atoms with Crippen LogP contribution in [0.2, 0.25) is 0 Å². The zero-order valence-corrected chi connectivity index (χ0v) is 9.42. The molecule has 68 valence electrons. The van der Waals surface area contributed by atoms with E-state index in [-0.39, 0.29) is 29.1 Å². The Bertz CT molecular complexity index is 259. The van der Waals surface area contributed by atoms with Crippen molar-refractivity contribution >= 4 is 37.2 Å². The Morgan fingerprint density at radius 2 is 1.54 bits per heavy atom. The SMILES string of the molecule is FC(F)(F)Sc1cc[c]([Mg+])cc1.[Cl-]. The van der Waals surface area contributed by atoms with Crippen molar-refractivity contribution in [3.63, 3.8) is 0 Å². The molecule has 13 heavy (non-hydrogen) atoms. The van der Waals surface area contributed by atoms with E-state index in [1.54, 1.807) is 33.8 Å². The first-order valence-electron chi connectivity index (χ1n) is 3.15. The van der Waals surface area contributed by atoms with Gasteiger partial charge < -0.3 is 12.4 Å². The number of hydrogen-bond acceptors (Lipinski definition) is 1. The Kier molecular flexibility index (Phi) is 5.51. The van der Waals surface area contributed by atoms with Gasteiger partial charge >= 0.3 is 85.0 Å². The summed E-state index contributed by atoms with van der Waals surface area (Å²) in [4.78, 5) is 0.234. The molecule has 1 rings (SSSR count). The predicted molar refractivity (Wildman–Crippen MR) is 43.7 cm³/mol. The van der Waals surface area contributed by atoms with Crippen LogP contribution in [0.4, 0.5) is 13.2 Å². The third-order valence-corrected chi connectivity index (χ3v) is 2.37. The Hall–Kier alpha value is 0.416. The second kappa shape index (κ2) is 5.33. The zero-order chi connectivity index (χ0) is 9.19. The van der Waals surface area contributed by atoms with Gasteiger partial charge in [0.25, 0.3) is 0 Å². The molecular formula is C7H4ClF3MgS. The quantitative estimate of drug-likeness (QED) is 0.450. The maximum atomic E-state index is 11.8. The van der Waals surface area contributed by atoms with E-state index in [0.29, 0.717) is 0 Å². The van der Waals surface area contributed by atoms with Crippen LogP contribution in [-0.4, -0.2) is 27.2 Å². The molecule has 0 atom stereocenters. The van der Waals surface area contributed by atoms with E-state index in [2.05, 4.69) is 0 Å². The van der Waals surface area contributed by atoms with Gasteiger partial charge in [0.2, 0.25) is 0 Å². The minimum absolute atomic E-state index is 0. The van der Waals surface area contributed by atoms with Crippen molar-refractivity contribution in [1.29, 1.82) is 0 Å². The van der Waals surface area contributed by atoms with Crippen LogP contribution in [0.5, 0.6) is 0 Å². The van der Waals surface area contributed by atoms with Crippen LogP contribution >= 0.6 is 11.8 Å². The Morgan fingerprint density at radius 1 is 1.08 bits per heavy atom. The van der Waals surface area contributed by atoms with E-state index in [4.69, 9.17) is 0 Å². The standard InChI is InChI=1S/C7H4F3S.ClH.Mg/c8-7(9,10)11-6-4-2-1-3-5-6;;/h2-5H;1H;/q;;+1/p-1. The molecule has 0 N–H and O–H groups in total. The fraction of sp³-hybridized carbons (Fsp3) is 0.143. The summed E-state index contributed by atoms with van der Waals surface area (Å²) in [7, 11) is 0. The molecule has 0 fully saturated rings. The summed E-state index contributed by atoms with van der Waals surface area (Å²) in [6.45, 7) is 0. The van der Waals surface area contributed by atoms with Crippen molar-refractivity contribution in [2.45, 2.75) is 10.4 Å². The van der Waals surface area contributed by atoms with E-state index >= 15 is 0 Å². The van der Waals surface area contributed by atoms with Gasteiger partial charge in [-0.05, 0) is 0 Å². The van der Waals surface area contributed by atoms with Crippen molar-refractivity contribution < 1.29 is 25.6 Å². The van der Waals surface area contributed by atoms with E-state index < -0.39 is 5.51 Å². The van der Waals surface area contributed by atoms with Gasteiger partial charge in [0.05, 0.1) is 0 Å². The van der Waals surface area contributed by atoms with Crippen molar-refractivity contribution in [2.75, 3.05) is 0 Å². The van der Waals surface area contributed by atoms with Crippen LogP contribution in [0.1, 0.15) is 0 Å². The van der Waals surface area contributed by atoms with Gasteiger partial charge in [-0.25, -0.2) is 0 Å². The Morgan fingerprint density at radius 3 is 1.92 bits per heavy atom. The normalized spacial score (nSPS) is 10.8. The van der Waals surface area contributed by atoms with Gasteiger partial charge in [0.1, 0.15) is 0 Å². The fourth-order valence-corrected chi connectivity index (χ4v) is 1.47. The summed E-state index contributed by atoms with van der Waals surface area (Å²) in [6, 6.07) is 6.29. The molecule has 0 aliphatic carbocycles. The third-order valence-electron chi connectivity index (χ3n) is 1.16. The molecule has 0 aliphatic heterocycles. The van der Waals surface area contributed by atoms with Gasteiger partial charge in [-0.3, -0.25) is 0 Å². The van der Waals surface area contributed by atoms with Crippen molar-refractivity contribution in [3.8, 4) is 0 Å². The van der Waals surface area contributed by atoms with Crippen LogP contribution in [0.25, 0.3) is 0 Å². The van der Waals surface area contributed by atoms with Gasteiger partial charge in [-0.2, -0.15) is 0 Å². The van der Waals surface area contributed by atoms with Crippen LogP contribution in [0.15, 0.2) is 29.2 Å². The average Bonchev–Trinajstić information content (AvgIpc) is 1.91. The van der Waals surface area contributed by atoms with Crippen molar-refractivity contribution in [1.82, 2.24) is 0 Å². The predicted octanol–water partition coefficient (Wildman–Crippen LogP) is -0.904. The van der Waals surface area contributed by atoms with Crippen LogP contribution in [0.3, 0.4) is 0 Å². The summed E-state index contributed by atoms with van der Waals surface area (Å²) in [6.07, 6.45) is 0. The molecule has 0 heterocycles. The van der Waals surface area contributed by atoms with Crippen LogP contribution < -0.4 is 16.1 Å². The van der Waals surface area contributed by atoms with Crippen LogP contribution in [0, 0.1) is 0 Å². The number of rotatable bonds is 1. The molecule has 0 aromatic heterocycles. The molecule has 0 nitrogen and oxygen atoms in total. The Labute approximate surface area is 97.1 Å². The monoisotopic (exact) mass is 236 g/mol. The van der Waals surface area contributed by atoms with Crippen molar-refractivity contribution in [2.24, 2.45) is 0 Å². The first kappa shape index (κ1) is 13.4. The van der Waals surface area contributed by atoms with Gasteiger partial charge in [0, 0.05) is 0 Å². The van der Waals surface area contributed by atoms with Crippen molar-refractivity contribution in [3.05, 3.63) is 24.3 Å². The number of alkyl halides is 3. The number of thioether (sulfide) groups is 1. The molecule has 0 bridgehead atoms. The molecule has 0 unspecified atom stereocenters. The number of benzene rings is 1. The Balaban J connectivity index is 0.00000144. The largest absolute Gasteiger partial charge is 1.00 e. The molecule has 0 spiro atoms. The first-order valence-corrected chi connectivity index (χ1v) is 4.67. The van der Waals surface area contributed by atoms with E-state index in [1.165, 1.54) is 12.1 Å². The molecule has 1 aromatic rings. The first-order chi connectivity index (χ1) is 5.47. The van der Waals surface area contributed by atoms with Gasteiger partial charge in [0.15, 0.2) is 0 Å². The van der Waals surface area contributed by atoms with Gasteiger partial charge in [-0.1, -0.05) is 0 Å². The van der Waals surface area contributed by atoms with Gasteiger partial charge in [-0.15, -0.1) is 0 Å². The molecule has 1 aromatic carbocycles. The topological polar surface area (TPSA) is 0 Å². The summed E-state index contributed by atoms with van der Waals surface area (Å²) >= 11 is 1.56. The zero-order valence-electron chi connectivity index (χ0n) is 6.44. The minimum atomic E-state index is -4.18. The smallest absolute Gasteiger partial charge is 1.00 e. The minimum Gasteiger partial charge on any atom is -1.00 e. The maximum absolute atomic E-state index is 11.8. The summed E-state index contributed by atoms with van der Waals surface area (Å²) in [5, 5.41) is 0. The molecule has 0 saturated carbocycles. The summed E-state index contributed by atoms with van der Waals surface area (Å²) in [5.41, 5.74) is -4.18.